The number of aromatic amines is 1. The van der Waals surface area contributed by atoms with Crippen LogP contribution < -0.4 is 10.3 Å². The summed E-state index contributed by atoms with van der Waals surface area (Å²) >= 11 is 0. The number of aromatic nitrogens is 5. The van der Waals surface area contributed by atoms with E-state index in [4.69, 9.17) is 4.74 Å². The van der Waals surface area contributed by atoms with Crippen molar-refractivity contribution in [3.63, 3.8) is 0 Å². The SMILES string of the molecule is COc1ncc(-c2nc3c(=O)[nH]cnc3n2C)cc1F. The first-order valence-corrected chi connectivity index (χ1v) is 5.72. The molecule has 0 fully saturated rings. The third-order valence-electron chi connectivity index (χ3n) is 2.92. The summed E-state index contributed by atoms with van der Waals surface area (Å²) in [5, 5.41) is 0. The second-order valence-corrected chi connectivity index (χ2v) is 4.11. The summed E-state index contributed by atoms with van der Waals surface area (Å²) in [6.45, 7) is 0. The molecule has 1 N–H and O–H groups in total. The summed E-state index contributed by atoms with van der Waals surface area (Å²) < 4.78 is 20.1. The predicted molar refractivity (Wildman–Crippen MR) is 68.9 cm³/mol. The van der Waals surface area contributed by atoms with Gasteiger partial charge in [-0.1, -0.05) is 0 Å². The largest absolute Gasteiger partial charge is 0.479 e. The van der Waals surface area contributed by atoms with Crippen molar-refractivity contribution < 1.29 is 9.13 Å². The Kier molecular flexibility index (Phi) is 2.70. The van der Waals surface area contributed by atoms with Crippen LogP contribution in [-0.4, -0.2) is 31.6 Å². The molecule has 0 saturated carbocycles. The van der Waals surface area contributed by atoms with E-state index in [1.54, 1.807) is 11.6 Å². The molecule has 3 heterocycles. The topological polar surface area (TPSA) is 85.7 Å². The molecule has 0 amide bonds. The second kappa shape index (κ2) is 4.41. The number of ether oxygens (including phenoxy) is 1. The third kappa shape index (κ3) is 1.73. The van der Waals surface area contributed by atoms with Crippen LogP contribution in [0.5, 0.6) is 5.88 Å². The van der Waals surface area contributed by atoms with Gasteiger partial charge in [0.05, 0.1) is 13.4 Å². The lowest BCUT2D eigenvalue weighted by Gasteiger charge is -2.04. The van der Waals surface area contributed by atoms with Crippen molar-refractivity contribution in [3.8, 4) is 17.3 Å². The van der Waals surface area contributed by atoms with Crippen LogP contribution in [0, 0.1) is 5.82 Å². The lowest BCUT2D eigenvalue weighted by atomic mass is 10.2. The molecular weight excluding hydrogens is 265 g/mol. The molecule has 8 heteroatoms. The van der Waals surface area contributed by atoms with Gasteiger partial charge in [0, 0.05) is 18.8 Å². The van der Waals surface area contributed by atoms with E-state index < -0.39 is 5.82 Å². The molecule has 3 aromatic rings. The minimum Gasteiger partial charge on any atom is -0.479 e. The van der Waals surface area contributed by atoms with E-state index in [0.717, 1.165) is 0 Å². The molecule has 0 radical (unpaired) electrons. The molecule has 0 aliphatic rings. The minimum atomic E-state index is -0.598. The van der Waals surface area contributed by atoms with E-state index in [-0.39, 0.29) is 17.0 Å². The van der Waals surface area contributed by atoms with Gasteiger partial charge in [-0.15, -0.1) is 0 Å². The van der Waals surface area contributed by atoms with Crippen LogP contribution in [0.4, 0.5) is 4.39 Å². The van der Waals surface area contributed by atoms with E-state index in [1.165, 1.54) is 25.7 Å². The number of aryl methyl sites for hydroxylation is 1. The van der Waals surface area contributed by atoms with Crippen molar-refractivity contribution in [2.75, 3.05) is 7.11 Å². The summed E-state index contributed by atoms with van der Waals surface area (Å²) in [5.41, 5.74) is 0.697. The van der Waals surface area contributed by atoms with E-state index in [1.807, 2.05) is 0 Å². The smallest absolute Gasteiger partial charge is 0.278 e. The second-order valence-electron chi connectivity index (χ2n) is 4.11. The number of fused-ring (bicyclic) bond motifs is 1. The van der Waals surface area contributed by atoms with Crippen molar-refractivity contribution in [3.05, 3.63) is 34.8 Å². The summed E-state index contributed by atoms with van der Waals surface area (Å²) in [4.78, 5) is 26.2. The van der Waals surface area contributed by atoms with Gasteiger partial charge in [0.1, 0.15) is 5.82 Å². The minimum absolute atomic E-state index is 0.0940. The molecule has 0 aromatic carbocycles. The zero-order chi connectivity index (χ0) is 14.3. The number of nitrogens with zero attached hydrogens (tertiary/aromatic N) is 4. The van der Waals surface area contributed by atoms with Crippen LogP contribution in [0.2, 0.25) is 0 Å². The van der Waals surface area contributed by atoms with Gasteiger partial charge in [-0.3, -0.25) is 4.79 Å². The maximum atomic E-state index is 13.7. The normalized spacial score (nSPS) is 10.9. The summed E-state index contributed by atoms with van der Waals surface area (Å²) in [6.07, 6.45) is 2.72. The van der Waals surface area contributed by atoms with Crippen molar-refractivity contribution in [2.45, 2.75) is 0 Å². The quantitative estimate of drug-likeness (QED) is 0.750. The molecule has 0 aliphatic heterocycles. The first-order valence-electron chi connectivity index (χ1n) is 5.72. The van der Waals surface area contributed by atoms with Gasteiger partial charge in [0.25, 0.3) is 5.56 Å². The van der Waals surface area contributed by atoms with E-state index in [9.17, 15) is 9.18 Å². The van der Waals surface area contributed by atoms with Crippen molar-refractivity contribution in [2.24, 2.45) is 7.05 Å². The number of H-pyrrole nitrogens is 1. The van der Waals surface area contributed by atoms with E-state index in [2.05, 4.69) is 19.9 Å². The molecule has 3 rings (SSSR count). The van der Waals surface area contributed by atoms with Crippen molar-refractivity contribution >= 4 is 11.2 Å². The number of methoxy groups -OCH3 is 1. The van der Waals surface area contributed by atoms with Crippen LogP contribution in [0.25, 0.3) is 22.6 Å². The van der Waals surface area contributed by atoms with Crippen LogP contribution in [0.15, 0.2) is 23.4 Å². The van der Waals surface area contributed by atoms with Gasteiger partial charge in [-0.25, -0.2) is 19.3 Å². The van der Waals surface area contributed by atoms with Crippen LogP contribution in [-0.2, 0) is 7.05 Å². The van der Waals surface area contributed by atoms with Gasteiger partial charge in [-0.05, 0) is 6.07 Å². The zero-order valence-electron chi connectivity index (χ0n) is 10.7. The van der Waals surface area contributed by atoms with Crippen LogP contribution in [0.3, 0.4) is 0 Å². The first-order chi connectivity index (χ1) is 9.61. The fraction of sp³-hybridized carbons (Fsp3) is 0.167. The molecular formula is C12H10FN5O2. The Morgan fingerprint density at radius 2 is 2.20 bits per heavy atom. The Bertz CT molecular complexity index is 855. The summed E-state index contributed by atoms with van der Waals surface area (Å²) in [5.74, 6) is -0.291. The monoisotopic (exact) mass is 275 g/mol. The van der Waals surface area contributed by atoms with E-state index >= 15 is 0 Å². The number of hydrogen-bond donors (Lipinski definition) is 1. The first kappa shape index (κ1) is 12.3. The predicted octanol–water partition coefficient (Wildman–Crippen LogP) is 0.866. The highest BCUT2D eigenvalue weighted by Gasteiger charge is 2.15. The van der Waals surface area contributed by atoms with Crippen molar-refractivity contribution in [1.29, 1.82) is 0 Å². The summed E-state index contributed by atoms with van der Waals surface area (Å²) in [7, 11) is 3.03. The average Bonchev–Trinajstić information content (AvgIpc) is 2.78. The van der Waals surface area contributed by atoms with Gasteiger partial charge < -0.3 is 14.3 Å². The molecule has 102 valence electrons. The summed E-state index contributed by atoms with van der Waals surface area (Å²) in [6, 6.07) is 1.25. The Hall–Kier alpha value is -2.77. The zero-order valence-corrected chi connectivity index (χ0v) is 10.7. The number of pyridine rings is 1. The standard InChI is InChI=1S/C12H10FN5O2/c1-18-9(6-3-7(13)12(20-2)14-4-6)17-8-10(18)15-5-16-11(8)19/h3-5H,1-2H3,(H,15,16,19). The molecule has 3 aromatic heterocycles. The third-order valence-corrected chi connectivity index (χ3v) is 2.92. The van der Waals surface area contributed by atoms with Gasteiger partial charge in [0.15, 0.2) is 17.0 Å². The van der Waals surface area contributed by atoms with Gasteiger partial charge in [-0.2, -0.15) is 0 Å². The molecule has 20 heavy (non-hydrogen) atoms. The molecule has 0 bridgehead atoms. The molecule has 0 spiro atoms. The molecule has 0 unspecified atom stereocenters. The number of imidazole rings is 1. The number of halogens is 1. The highest BCUT2D eigenvalue weighted by atomic mass is 19.1. The number of nitrogens with one attached hydrogen (secondary N) is 1. The molecule has 7 nitrogen and oxygen atoms in total. The van der Waals surface area contributed by atoms with Crippen molar-refractivity contribution in [1.82, 2.24) is 24.5 Å². The van der Waals surface area contributed by atoms with E-state index in [0.29, 0.717) is 17.0 Å². The highest BCUT2D eigenvalue weighted by molar-refractivity contribution is 5.75. The van der Waals surface area contributed by atoms with Gasteiger partial charge >= 0.3 is 0 Å². The number of hydrogen-bond acceptors (Lipinski definition) is 5. The maximum absolute atomic E-state index is 13.7. The lowest BCUT2D eigenvalue weighted by molar-refractivity contribution is 0.369. The Labute approximate surface area is 112 Å². The highest BCUT2D eigenvalue weighted by Crippen LogP contribution is 2.23. The Morgan fingerprint density at radius 1 is 1.40 bits per heavy atom. The molecule has 0 atom stereocenters. The Morgan fingerprint density at radius 3 is 2.85 bits per heavy atom. The molecule has 0 saturated heterocycles. The average molecular weight is 275 g/mol. The molecule has 0 aliphatic carbocycles. The Balaban J connectivity index is 2.25. The fourth-order valence-corrected chi connectivity index (χ4v) is 1.97. The fourth-order valence-electron chi connectivity index (χ4n) is 1.97. The van der Waals surface area contributed by atoms with Crippen LogP contribution >= 0.6 is 0 Å². The lowest BCUT2D eigenvalue weighted by Crippen LogP contribution is -2.06. The van der Waals surface area contributed by atoms with Gasteiger partial charge in [0.2, 0.25) is 5.88 Å². The van der Waals surface area contributed by atoms with Crippen LogP contribution in [0.1, 0.15) is 0 Å². The number of rotatable bonds is 2. The maximum Gasteiger partial charge on any atom is 0.278 e.